The predicted molar refractivity (Wildman–Crippen MR) is 93.6 cm³/mol. The van der Waals surface area contributed by atoms with E-state index in [1.807, 2.05) is 6.07 Å². The van der Waals surface area contributed by atoms with Gasteiger partial charge in [0.15, 0.2) is 0 Å². The number of nitrogens with zero attached hydrogens (tertiary/aromatic N) is 3. The van der Waals surface area contributed by atoms with Gasteiger partial charge in [-0.1, -0.05) is 35.9 Å². The van der Waals surface area contributed by atoms with Gasteiger partial charge in [-0.25, -0.2) is 9.07 Å². The van der Waals surface area contributed by atoms with Crippen molar-refractivity contribution in [3.05, 3.63) is 70.8 Å². The third-order valence-corrected chi connectivity index (χ3v) is 4.48. The number of fused-ring (bicyclic) bond motifs is 1. The van der Waals surface area contributed by atoms with Crippen LogP contribution in [-0.4, -0.2) is 20.7 Å². The molecule has 8 heteroatoms. The van der Waals surface area contributed by atoms with Crippen molar-refractivity contribution in [3.63, 3.8) is 0 Å². The van der Waals surface area contributed by atoms with Crippen LogP contribution in [0.3, 0.4) is 0 Å². The Hall–Kier alpha value is -2.93. The van der Waals surface area contributed by atoms with E-state index in [-0.39, 0.29) is 30.8 Å². The average molecular weight is 373 g/mol. The van der Waals surface area contributed by atoms with E-state index in [9.17, 15) is 9.18 Å². The van der Waals surface area contributed by atoms with E-state index in [4.69, 9.17) is 16.3 Å². The largest absolute Gasteiger partial charge is 0.487 e. The molecule has 1 N–H and O–H groups in total. The molecule has 1 aliphatic heterocycles. The molecule has 3 aromatic rings. The number of carbonyl (C=O) groups is 1. The van der Waals surface area contributed by atoms with Crippen LogP contribution in [0.5, 0.6) is 5.75 Å². The van der Waals surface area contributed by atoms with Crippen molar-refractivity contribution < 1.29 is 13.9 Å². The fourth-order valence-corrected chi connectivity index (χ4v) is 3.12. The van der Waals surface area contributed by atoms with Gasteiger partial charge >= 0.3 is 0 Å². The third-order valence-electron chi connectivity index (χ3n) is 4.18. The van der Waals surface area contributed by atoms with E-state index < -0.39 is 0 Å². The fraction of sp³-hybridized carbons (Fsp3) is 0.167. The quantitative estimate of drug-likeness (QED) is 0.760. The van der Waals surface area contributed by atoms with Crippen molar-refractivity contribution >= 4 is 23.5 Å². The van der Waals surface area contributed by atoms with Crippen LogP contribution < -0.4 is 10.1 Å². The summed E-state index contributed by atoms with van der Waals surface area (Å²) in [7, 11) is 0. The molecule has 0 saturated heterocycles. The van der Waals surface area contributed by atoms with Gasteiger partial charge in [0.25, 0.3) is 0 Å². The van der Waals surface area contributed by atoms with Gasteiger partial charge in [-0.05, 0) is 23.8 Å². The lowest BCUT2D eigenvalue weighted by atomic mass is 10.0. The highest BCUT2D eigenvalue weighted by atomic mass is 35.5. The summed E-state index contributed by atoms with van der Waals surface area (Å²) in [6.07, 6.45) is 1.63. The number of anilines is 1. The maximum Gasteiger partial charge on any atom is 0.229 e. The number of aromatic nitrogens is 3. The number of ether oxygens (including phenoxy) is 1. The highest BCUT2D eigenvalue weighted by Gasteiger charge is 2.28. The minimum Gasteiger partial charge on any atom is -0.487 e. The van der Waals surface area contributed by atoms with E-state index in [0.717, 1.165) is 5.56 Å². The number of carbonyl (C=O) groups excluding carboxylic acids is 1. The zero-order chi connectivity index (χ0) is 18.1. The molecule has 1 aliphatic rings. The smallest absolute Gasteiger partial charge is 0.229 e. The molecule has 1 atom stereocenters. The van der Waals surface area contributed by atoms with E-state index in [0.29, 0.717) is 22.3 Å². The lowest BCUT2D eigenvalue weighted by Crippen LogP contribution is -2.29. The van der Waals surface area contributed by atoms with Crippen LogP contribution in [0.1, 0.15) is 23.6 Å². The molecule has 0 saturated carbocycles. The molecule has 4 rings (SSSR count). The molecule has 132 valence electrons. The molecular formula is C18H14ClFN4O2. The Morgan fingerprint density at radius 3 is 2.96 bits per heavy atom. The van der Waals surface area contributed by atoms with Crippen LogP contribution in [0.25, 0.3) is 0 Å². The lowest BCUT2D eigenvalue weighted by molar-refractivity contribution is -0.117. The Morgan fingerprint density at radius 1 is 1.31 bits per heavy atom. The monoisotopic (exact) mass is 372 g/mol. The molecule has 1 aromatic heterocycles. The molecule has 0 spiro atoms. The zero-order valence-electron chi connectivity index (χ0n) is 13.5. The minimum atomic E-state index is -0.327. The molecule has 0 unspecified atom stereocenters. The van der Waals surface area contributed by atoms with Gasteiger partial charge in [-0.2, -0.15) is 10.1 Å². The predicted octanol–water partition coefficient (Wildman–Crippen LogP) is 3.58. The van der Waals surface area contributed by atoms with E-state index in [1.54, 1.807) is 35.0 Å². The highest BCUT2D eigenvalue weighted by Crippen LogP contribution is 2.33. The van der Waals surface area contributed by atoms with E-state index in [1.165, 1.54) is 12.4 Å². The average Bonchev–Trinajstić information content (AvgIpc) is 3.09. The number of halogens is 2. The topological polar surface area (TPSA) is 69.0 Å². The molecule has 2 heterocycles. The molecule has 0 aliphatic carbocycles. The van der Waals surface area contributed by atoms with E-state index >= 15 is 0 Å². The first kappa shape index (κ1) is 16.5. The summed E-state index contributed by atoms with van der Waals surface area (Å²) in [6.45, 7) is 0.0742. The number of rotatable bonds is 4. The molecule has 1 amide bonds. The lowest BCUT2D eigenvalue weighted by Gasteiger charge is -2.24. The van der Waals surface area contributed by atoms with Gasteiger partial charge in [-0.15, -0.1) is 0 Å². The van der Waals surface area contributed by atoms with Crippen LogP contribution in [0.2, 0.25) is 5.02 Å². The summed E-state index contributed by atoms with van der Waals surface area (Å²) >= 11 is 6.33. The number of hydrogen-bond acceptors (Lipinski definition) is 4. The van der Waals surface area contributed by atoms with Crippen molar-refractivity contribution in [2.24, 2.45) is 0 Å². The molecule has 6 nitrogen and oxygen atoms in total. The standard InChI is InChI=1S/C18H14ClFN4O2/c19-13-7-11(15-8-17(25)23-18-21-10-22-24(15)18)5-6-16(13)26-9-12-3-1-2-4-14(12)20/h1-7,10,15H,8-9H2,(H,21,22,23,25)/t15-/m1/s1. The molecular weight excluding hydrogens is 359 g/mol. The second-order valence-electron chi connectivity index (χ2n) is 5.87. The summed E-state index contributed by atoms with van der Waals surface area (Å²) in [5.74, 6) is 0.388. The van der Waals surface area contributed by atoms with Gasteiger partial charge in [0, 0.05) is 5.56 Å². The highest BCUT2D eigenvalue weighted by molar-refractivity contribution is 6.32. The SMILES string of the molecule is O=C1C[C@H](c2ccc(OCc3ccccc3F)c(Cl)c2)n2ncnc2N1. The first-order chi connectivity index (χ1) is 12.6. The molecule has 0 fully saturated rings. The Balaban J connectivity index is 1.55. The maximum absolute atomic E-state index is 13.7. The van der Waals surface area contributed by atoms with Crippen molar-refractivity contribution in [1.82, 2.24) is 14.8 Å². The van der Waals surface area contributed by atoms with Gasteiger partial charge in [0.1, 0.15) is 24.5 Å². The first-order valence-corrected chi connectivity index (χ1v) is 8.34. The maximum atomic E-state index is 13.7. The Kier molecular flexibility index (Phi) is 4.30. The Morgan fingerprint density at radius 2 is 2.15 bits per heavy atom. The summed E-state index contributed by atoms with van der Waals surface area (Å²) in [5.41, 5.74) is 1.26. The number of benzene rings is 2. The molecule has 0 bridgehead atoms. The van der Waals surface area contributed by atoms with Gasteiger partial charge in [0.05, 0.1) is 17.5 Å². The van der Waals surface area contributed by atoms with E-state index in [2.05, 4.69) is 15.4 Å². The van der Waals surface area contributed by atoms with Crippen LogP contribution in [0, 0.1) is 5.82 Å². The van der Waals surface area contributed by atoms with Gasteiger partial charge in [0.2, 0.25) is 11.9 Å². The summed E-state index contributed by atoms with van der Waals surface area (Å²) < 4.78 is 21.0. The van der Waals surface area contributed by atoms with Crippen LogP contribution in [0.4, 0.5) is 10.3 Å². The number of hydrogen-bond donors (Lipinski definition) is 1. The third kappa shape index (κ3) is 3.13. The minimum absolute atomic E-state index is 0.0742. The van der Waals surface area contributed by atoms with Crippen molar-refractivity contribution in [3.8, 4) is 5.75 Å². The second-order valence-corrected chi connectivity index (χ2v) is 6.27. The van der Waals surface area contributed by atoms with Gasteiger partial charge in [-0.3, -0.25) is 10.1 Å². The summed E-state index contributed by atoms with van der Waals surface area (Å²) in [6, 6.07) is 11.4. The van der Waals surface area contributed by atoms with Crippen molar-refractivity contribution in [1.29, 1.82) is 0 Å². The fourth-order valence-electron chi connectivity index (χ4n) is 2.88. The summed E-state index contributed by atoms with van der Waals surface area (Å²) in [5, 5.41) is 7.21. The first-order valence-electron chi connectivity index (χ1n) is 7.97. The normalized spacial score (nSPS) is 16.1. The number of nitrogens with one attached hydrogen (secondary N) is 1. The van der Waals surface area contributed by atoms with Crippen LogP contribution in [-0.2, 0) is 11.4 Å². The zero-order valence-corrected chi connectivity index (χ0v) is 14.3. The number of amides is 1. The molecule has 2 aromatic carbocycles. The Labute approximate surface area is 153 Å². The summed E-state index contributed by atoms with van der Waals surface area (Å²) in [4.78, 5) is 15.9. The van der Waals surface area contributed by atoms with Gasteiger partial charge < -0.3 is 4.74 Å². The van der Waals surface area contributed by atoms with Crippen LogP contribution >= 0.6 is 11.6 Å². The second kappa shape index (κ2) is 6.76. The molecule has 0 radical (unpaired) electrons. The van der Waals surface area contributed by atoms with Crippen molar-refractivity contribution in [2.45, 2.75) is 19.1 Å². The molecule has 26 heavy (non-hydrogen) atoms. The van der Waals surface area contributed by atoms with Crippen LogP contribution in [0.15, 0.2) is 48.8 Å². The Bertz CT molecular complexity index is 975. The van der Waals surface area contributed by atoms with Crippen molar-refractivity contribution in [2.75, 3.05) is 5.32 Å².